The lowest BCUT2D eigenvalue weighted by Crippen LogP contribution is -2.18. The van der Waals surface area contributed by atoms with Gasteiger partial charge in [0.2, 0.25) is 5.91 Å². The van der Waals surface area contributed by atoms with Gasteiger partial charge in [0.25, 0.3) is 0 Å². The van der Waals surface area contributed by atoms with E-state index in [2.05, 4.69) is 5.32 Å². The number of hydrogen-bond acceptors (Lipinski definition) is 3. The van der Waals surface area contributed by atoms with Crippen LogP contribution in [0.4, 0.5) is 5.69 Å². The third kappa shape index (κ3) is 4.98. The zero-order valence-electron chi connectivity index (χ0n) is 10.8. The van der Waals surface area contributed by atoms with Crippen molar-refractivity contribution in [3.63, 3.8) is 0 Å². The van der Waals surface area contributed by atoms with Gasteiger partial charge in [0, 0.05) is 40.5 Å². The smallest absolute Gasteiger partial charge is 0.225 e. The molecule has 1 rings (SSSR count). The molecule has 0 aliphatic rings. The lowest BCUT2D eigenvalue weighted by molar-refractivity contribution is -0.115. The third-order valence-corrected chi connectivity index (χ3v) is 4.16. The van der Waals surface area contributed by atoms with Crippen molar-refractivity contribution in [2.24, 2.45) is 5.73 Å². The van der Waals surface area contributed by atoms with Gasteiger partial charge in [-0.1, -0.05) is 26.0 Å². The SMILES string of the molecule is CC(C)S(=O)CCC(=O)Nc1cccc(CN)c1. The first-order valence-corrected chi connectivity index (χ1v) is 7.37. The highest BCUT2D eigenvalue weighted by molar-refractivity contribution is 7.85. The fourth-order valence-corrected chi connectivity index (χ4v) is 2.29. The van der Waals surface area contributed by atoms with Crippen molar-refractivity contribution < 1.29 is 9.00 Å². The van der Waals surface area contributed by atoms with Gasteiger partial charge in [0.05, 0.1) is 0 Å². The van der Waals surface area contributed by atoms with Crippen molar-refractivity contribution in [2.45, 2.75) is 32.1 Å². The topological polar surface area (TPSA) is 72.2 Å². The van der Waals surface area contributed by atoms with Crippen LogP contribution in [0.3, 0.4) is 0 Å². The van der Waals surface area contributed by atoms with E-state index in [-0.39, 0.29) is 17.6 Å². The highest BCUT2D eigenvalue weighted by atomic mass is 32.2. The fraction of sp³-hybridized carbons (Fsp3) is 0.462. The number of hydrogen-bond donors (Lipinski definition) is 2. The molecule has 0 heterocycles. The molecule has 0 aromatic heterocycles. The predicted octanol–water partition coefficient (Wildman–Crippen LogP) is 1.63. The number of amides is 1. The van der Waals surface area contributed by atoms with E-state index in [9.17, 15) is 9.00 Å². The number of nitrogens with one attached hydrogen (secondary N) is 1. The lowest BCUT2D eigenvalue weighted by atomic mass is 10.2. The first-order chi connectivity index (χ1) is 8.52. The van der Waals surface area contributed by atoms with Gasteiger partial charge in [-0.15, -0.1) is 0 Å². The highest BCUT2D eigenvalue weighted by Crippen LogP contribution is 2.10. The molecule has 3 N–H and O–H groups in total. The first kappa shape index (κ1) is 14.9. The van der Waals surface area contributed by atoms with Crippen LogP contribution in [0.1, 0.15) is 25.8 Å². The van der Waals surface area contributed by atoms with Crippen LogP contribution in [0.25, 0.3) is 0 Å². The highest BCUT2D eigenvalue weighted by Gasteiger charge is 2.09. The van der Waals surface area contributed by atoms with Crippen molar-refractivity contribution >= 4 is 22.4 Å². The maximum Gasteiger partial charge on any atom is 0.225 e. The Morgan fingerprint density at radius 3 is 2.78 bits per heavy atom. The maximum atomic E-state index is 11.7. The van der Waals surface area contributed by atoms with E-state index in [0.717, 1.165) is 11.3 Å². The number of benzene rings is 1. The summed E-state index contributed by atoms with van der Waals surface area (Å²) in [6.45, 7) is 4.22. The molecule has 0 spiro atoms. The van der Waals surface area contributed by atoms with Crippen molar-refractivity contribution in [1.82, 2.24) is 0 Å². The van der Waals surface area contributed by atoms with Crippen molar-refractivity contribution in [2.75, 3.05) is 11.1 Å². The summed E-state index contributed by atoms with van der Waals surface area (Å²) >= 11 is 0. The minimum atomic E-state index is -0.937. The Hall–Kier alpha value is -1.20. The molecule has 0 bridgehead atoms. The van der Waals surface area contributed by atoms with Gasteiger partial charge in [-0.2, -0.15) is 0 Å². The molecule has 0 fully saturated rings. The number of anilines is 1. The number of nitrogens with two attached hydrogens (primary N) is 1. The molecule has 1 aromatic carbocycles. The van der Waals surface area contributed by atoms with Crippen LogP contribution in [0.2, 0.25) is 0 Å². The number of carbonyl (C=O) groups excluding carboxylic acids is 1. The maximum absolute atomic E-state index is 11.7. The standard InChI is InChI=1S/C13H20N2O2S/c1-10(2)18(17)7-6-13(16)15-12-5-3-4-11(8-12)9-14/h3-5,8,10H,6-7,9,14H2,1-2H3,(H,15,16). The molecule has 0 radical (unpaired) electrons. The van der Waals surface area contributed by atoms with Crippen LogP contribution in [-0.2, 0) is 22.1 Å². The van der Waals surface area contributed by atoms with Gasteiger partial charge in [-0.25, -0.2) is 0 Å². The lowest BCUT2D eigenvalue weighted by Gasteiger charge is -2.08. The summed E-state index contributed by atoms with van der Waals surface area (Å²) in [5.74, 6) is 0.290. The van der Waals surface area contributed by atoms with E-state index in [4.69, 9.17) is 5.73 Å². The summed E-state index contributed by atoms with van der Waals surface area (Å²) < 4.78 is 11.5. The third-order valence-electron chi connectivity index (χ3n) is 2.50. The van der Waals surface area contributed by atoms with E-state index in [0.29, 0.717) is 12.3 Å². The van der Waals surface area contributed by atoms with Gasteiger partial charge in [0.1, 0.15) is 0 Å². The van der Waals surface area contributed by atoms with Crippen molar-refractivity contribution in [3.8, 4) is 0 Å². The zero-order valence-corrected chi connectivity index (χ0v) is 11.6. The van der Waals surface area contributed by atoms with Crippen LogP contribution >= 0.6 is 0 Å². The Labute approximate surface area is 110 Å². The Kier molecular flexibility index (Phi) is 6.01. The van der Waals surface area contributed by atoms with Crippen LogP contribution in [0.5, 0.6) is 0 Å². The molecular formula is C13H20N2O2S. The molecule has 0 saturated carbocycles. The molecule has 1 atom stereocenters. The molecule has 1 amide bonds. The second-order valence-electron chi connectivity index (χ2n) is 4.34. The zero-order chi connectivity index (χ0) is 13.5. The Bertz CT molecular complexity index is 433. The number of rotatable bonds is 6. The summed E-state index contributed by atoms with van der Waals surface area (Å²) in [6.07, 6.45) is 0.275. The summed E-state index contributed by atoms with van der Waals surface area (Å²) in [4.78, 5) is 11.7. The van der Waals surface area contributed by atoms with Gasteiger partial charge >= 0.3 is 0 Å². The average Bonchev–Trinajstić information content (AvgIpc) is 2.36. The summed E-state index contributed by atoms with van der Waals surface area (Å²) in [5.41, 5.74) is 7.23. The van der Waals surface area contributed by atoms with Crippen molar-refractivity contribution in [3.05, 3.63) is 29.8 Å². The normalized spacial score (nSPS) is 12.4. The van der Waals surface area contributed by atoms with E-state index in [1.165, 1.54) is 0 Å². The summed E-state index contributed by atoms with van der Waals surface area (Å²) in [7, 11) is -0.937. The molecule has 100 valence electrons. The molecule has 18 heavy (non-hydrogen) atoms. The van der Waals surface area contributed by atoms with Crippen molar-refractivity contribution in [1.29, 1.82) is 0 Å². The quantitative estimate of drug-likeness (QED) is 0.823. The minimum Gasteiger partial charge on any atom is -0.326 e. The molecule has 0 saturated heterocycles. The molecule has 5 heteroatoms. The largest absolute Gasteiger partial charge is 0.326 e. The van der Waals surface area contributed by atoms with Crippen LogP contribution in [0, 0.1) is 0 Å². The van der Waals surface area contributed by atoms with Gasteiger partial charge in [-0.05, 0) is 17.7 Å². The molecular weight excluding hydrogens is 248 g/mol. The predicted molar refractivity (Wildman–Crippen MR) is 75.7 cm³/mol. The van der Waals surface area contributed by atoms with E-state index < -0.39 is 10.8 Å². The van der Waals surface area contributed by atoms with E-state index >= 15 is 0 Å². The van der Waals surface area contributed by atoms with Gasteiger partial charge in [-0.3, -0.25) is 9.00 Å². The second-order valence-corrected chi connectivity index (χ2v) is 6.45. The second kappa shape index (κ2) is 7.28. The minimum absolute atomic E-state index is 0.0957. The molecule has 0 aliphatic carbocycles. The van der Waals surface area contributed by atoms with Crippen LogP contribution in [0.15, 0.2) is 24.3 Å². The first-order valence-electron chi connectivity index (χ1n) is 5.99. The number of carbonyl (C=O) groups is 1. The fourth-order valence-electron chi connectivity index (χ4n) is 1.43. The molecule has 1 aromatic rings. The monoisotopic (exact) mass is 268 g/mol. The van der Waals surface area contributed by atoms with Gasteiger partial charge in [0.15, 0.2) is 0 Å². The Balaban J connectivity index is 2.47. The molecule has 4 nitrogen and oxygen atoms in total. The van der Waals surface area contributed by atoms with Gasteiger partial charge < -0.3 is 11.1 Å². The van der Waals surface area contributed by atoms with Crippen LogP contribution in [-0.4, -0.2) is 21.1 Å². The van der Waals surface area contributed by atoms with E-state index in [1.807, 2.05) is 38.1 Å². The Morgan fingerprint density at radius 2 is 2.17 bits per heavy atom. The summed E-state index contributed by atoms with van der Waals surface area (Å²) in [6, 6.07) is 7.42. The van der Waals surface area contributed by atoms with E-state index in [1.54, 1.807) is 0 Å². The Morgan fingerprint density at radius 1 is 1.44 bits per heavy atom. The summed E-state index contributed by atoms with van der Waals surface area (Å²) in [5, 5.41) is 2.88. The average molecular weight is 268 g/mol. The molecule has 1 unspecified atom stereocenters. The van der Waals surface area contributed by atoms with Crippen LogP contribution < -0.4 is 11.1 Å². The molecule has 0 aliphatic heterocycles.